The summed E-state index contributed by atoms with van der Waals surface area (Å²) in [6.07, 6.45) is 0. The fourth-order valence-corrected chi connectivity index (χ4v) is 6.20. The third-order valence-corrected chi connectivity index (χ3v) is 7.77. The van der Waals surface area contributed by atoms with Gasteiger partial charge in [0, 0.05) is 32.9 Å². The van der Waals surface area contributed by atoms with Gasteiger partial charge in [0.15, 0.2) is 0 Å². The van der Waals surface area contributed by atoms with Gasteiger partial charge in [0.2, 0.25) is 0 Å². The number of benzene rings is 5. The van der Waals surface area contributed by atoms with E-state index in [0.29, 0.717) is 0 Å². The summed E-state index contributed by atoms with van der Waals surface area (Å²) in [6, 6.07) is 35.6. The molecule has 0 aliphatic rings. The molecule has 0 radical (unpaired) electrons. The highest BCUT2D eigenvalue weighted by atomic mass is 15.0. The minimum atomic E-state index is 1.19. The molecular formula is C34H28N2. The fourth-order valence-electron chi connectivity index (χ4n) is 6.20. The van der Waals surface area contributed by atoms with Crippen molar-refractivity contribution < 1.29 is 0 Å². The minimum absolute atomic E-state index is 1.19. The minimum Gasteiger partial charge on any atom is -0.309 e. The number of fused-ring (bicyclic) bond motifs is 6. The van der Waals surface area contributed by atoms with Gasteiger partial charge in [-0.05, 0) is 68.1 Å². The van der Waals surface area contributed by atoms with Gasteiger partial charge in [0.1, 0.15) is 0 Å². The molecule has 0 saturated carbocycles. The van der Waals surface area contributed by atoms with Crippen molar-refractivity contribution in [1.29, 1.82) is 0 Å². The van der Waals surface area contributed by atoms with Crippen LogP contribution in [-0.2, 0) is 0 Å². The number of aryl methyl sites for hydroxylation is 4. The zero-order valence-electron chi connectivity index (χ0n) is 21.1. The van der Waals surface area contributed by atoms with Gasteiger partial charge in [-0.15, -0.1) is 0 Å². The lowest BCUT2D eigenvalue weighted by molar-refractivity contribution is 1.12. The third kappa shape index (κ3) is 2.79. The molecule has 174 valence electrons. The highest BCUT2D eigenvalue weighted by Gasteiger charge is 2.18. The molecule has 0 aliphatic carbocycles. The Morgan fingerprint density at radius 3 is 0.944 bits per heavy atom. The number of hydrogen-bond acceptors (Lipinski definition) is 0. The Morgan fingerprint density at radius 2 is 0.639 bits per heavy atom. The van der Waals surface area contributed by atoms with Crippen molar-refractivity contribution >= 4 is 43.6 Å². The Bertz CT molecular complexity index is 1720. The van der Waals surface area contributed by atoms with Gasteiger partial charge in [-0.2, -0.15) is 0 Å². The number of nitrogens with zero attached hydrogens (tertiary/aromatic N) is 2. The highest BCUT2D eigenvalue weighted by molar-refractivity contribution is 6.12. The Kier molecular flexibility index (Phi) is 4.44. The van der Waals surface area contributed by atoms with Gasteiger partial charge in [-0.1, -0.05) is 78.9 Å². The molecule has 0 bridgehead atoms. The molecule has 2 aromatic heterocycles. The molecule has 2 heteroatoms. The molecule has 0 fully saturated rings. The molecule has 7 rings (SSSR count). The summed E-state index contributed by atoms with van der Waals surface area (Å²) in [5.41, 5.74) is 12.7. The van der Waals surface area contributed by atoms with Crippen molar-refractivity contribution in [3.05, 3.63) is 119 Å². The summed E-state index contributed by atoms with van der Waals surface area (Å²) in [5, 5.41) is 5.23. The average Bonchev–Trinajstić information content (AvgIpc) is 3.41. The largest absolute Gasteiger partial charge is 0.309 e. The first-order valence-corrected chi connectivity index (χ1v) is 12.6. The van der Waals surface area contributed by atoms with E-state index < -0.39 is 0 Å². The molecule has 5 aromatic carbocycles. The molecule has 2 nitrogen and oxygen atoms in total. The van der Waals surface area contributed by atoms with E-state index in [4.69, 9.17) is 0 Å². The number of aromatic nitrogens is 2. The maximum Gasteiger partial charge on any atom is 0.0570 e. The molecule has 0 saturated heterocycles. The zero-order chi connectivity index (χ0) is 24.6. The van der Waals surface area contributed by atoms with Gasteiger partial charge in [0.25, 0.3) is 0 Å². The normalized spacial score (nSPS) is 11.9. The van der Waals surface area contributed by atoms with Crippen molar-refractivity contribution in [3.63, 3.8) is 0 Å². The van der Waals surface area contributed by atoms with Crippen LogP contribution in [0.15, 0.2) is 97.1 Å². The van der Waals surface area contributed by atoms with Gasteiger partial charge in [-0.3, -0.25) is 0 Å². The van der Waals surface area contributed by atoms with Crippen LogP contribution in [0.3, 0.4) is 0 Å². The number of rotatable bonds is 2. The second-order valence-corrected chi connectivity index (χ2v) is 10.1. The Morgan fingerprint density at radius 1 is 0.361 bits per heavy atom. The fraction of sp³-hybridized carbons (Fsp3) is 0.118. The monoisotopic (exact) mass is 464 g/mol. The van der Waals surface area contributed by atoms with Crippen LogP contribution >= 0.6 is 0 Å². The summed E-state index contributed by atoms with van der Waals surface area (Å²) in [7, 11) is 0. The smallest absolute Gasteiger partial charge is 0.0570 e. The van der Waals surface area contributed by atoms with E-state index in [1.807, 2.05) is 0 Å². The van der Waals surface area contributed by atoms with E-state index in [1.54, 1.807) is 0 Å². The van der Waals surface area contributed by atoms with E-state index in [0.717, 1.165) is 0 Å². The van der Waals surface area contributed by atoms with E-state index >= 15 is 0 Å². The van der Waals surface area contributed by atoms with Crippen molar-refractivity contribution in [3.8, 4) is 11.4 Å². The summed E-state index contributed by atoms with van der Waals surface area (Å²) in [4.78, 5) is 0. The lowest BCUT2D eigenvalue weighted by Gasteiger charge is -2.15. The maximum atomic E-state index is 2.46. The molecule has 0 atom stereocenters. The standard InChI is InChI=1S/C34H28N2/c1-21-10-5-16-27-28-17-6-11-22(2)32(28)35(31(21)27)25-14-9-15-26(20-25)36-33-23(3)12-7-18-29(33)30-19-8-13-24(4)34(30)36/h5-20H,1-4H3. The second kappa shape index (κ2) is 7.60. The second-order valence-electron chi connectivity index (χ2n) is 10.1. The molecule has 2 heterocycles. The Labute approximate surface area is 211 Å². The van der Waals surface area contributed by atoms with Crippen LogP contribution in [-0.4, -0.2) is 9.13 Å². The van der Waals surface area contributed by atoms with Crippen LogP contribution < -0.4 is 0 Å². The van der Waals surface area contributed by atoms with Crippen molar-refractivity contribution in [2.45, 2.75) is 27.7 Å². The van der Waals surface area contributed by atoms with Crippen LogP contribution in [0, 0.1) is 27.7 Å². The third-order valence-electron chi connectivity index (χ3n) is 7.77. The SMILES string of the molecule is Cc1cccc2c3cccc(C)c3n(-c3cccc(-n4c5c(C)cccc5c5cccc(C)c54)c3)c12. The van der Waals surface area contributed by atoms with E-state index in [1.165, 1.54) is 77.2 Å². The lowest BCUT2D eigenvalue weighted by Crippen LogP contribution is -2.01. The Balaban J connectivity index is 1.61. The predicted octanol–water partition coefficient (Wildman–Crippen LogP) is 9.11. The van der Waals surface area contributed by atoms with Crippen LogP contribution in [0.4, 0.5) is 0 Å². The molecule has 0 amide bonds. The van der Waals surface area contributed by atoms with E-state index in [9.17, 15) is 0 Å². The molecule has 7 aromatic rings. The van der Waals surface area contributed by atoms with Gasteiger partial charge < -0.3 is 9.13 Å². The maximum absolute atomic E-state index is 2.46. The van der Waals surface area contributed by atoms with Gasteiger partial charge >= 0.3 is 0 Å². The molecule has 36 heavy (non-hydrogen) atoms. The Hall–Kier alpha value is -4.30. The van der Waals surface area contributed by atoms with E-state index in [2.05, 4.69) is 134 Å². The van der Waals surface area contributed by atoms with Crippen molar-refractivity contribution in [1.82, 2.24) is 9.13 Å². The zero-order valence-corrected chi connectivity index (χ0v) is 21.1. The first-order valence-electron chi connectivity index (χ1n) is 12.6. The molecule has 0 unspecified atom stereocenters. The summed E-state index contributed by atoms with van der Waals surface area (Å²) >= 11 is 0. The summed E-state index contributed by atoms with van der Waals surface area (Å²) in [6.45, 7) is 8.88. The van der Waals surface area contributed by atoms with Crippen LogP contribution in [0.1, 0.15) is 22.3 Å². The van der Waals surface area contributed by atoms with Gasteiger partial charge in [0.05, 0.1) is 22.1 Å². The van der Waals surface area contributed by atoms with Crippen LogP contribution in [0.2, 0.25) is 0 Å². The highest BCUT2D eigenvalue weighted by Crippen LogP contribution is 2.38. The molecule has 0 spiro atoms. The van der Waals surface area contributed by atoms with Gasteiger partial charge in [-0.25, -0.2) is 0 Å². The van der Waals surface area contributed by atoms with Crippen molar-refractivity contribution in [2.24, 2.45) is 0 Å². The lowest BCUT2D eigenvalue weighted by atomic mass is 10.1. The number of para-hydroxylation sites is 4. The average molecular weight is 465 g/mol. The predicted molar refractivity (Wildman–Crippen MR) is 154 cm³/mol. The van der Waals surface area contributed by atoms with Crippen LogP contribution in [0.25, 0.3) is 55.0 Å². The quantitative estimate of drug-likeness (QED) is 0.241. The molecule has 0 N–H and O–H groups in total. The van der Waals surface area contributed by atoms with E-state index in [-0.39, 0.29) is 0 Å². The molecule has 0 aliphatic heterocycles. The van der Waals surface area contributed by atoms with Crippen LogP contribution in [0.5, 0.6) is 0 Å². The molecular weight excluding hydrogens is 436 g/mol. The number of hydrogen-bond donors (Lipinski definition) is 0. The van der Waals surface area contributed by atoms with Crippen molar-refractivity contribution in [2.75, 3.05) is 0 Å². The summed E-state index contributed by atoms with van der Waals surface area (Å²) < 4.78 is 4.93. The topological polar surface area (TPSA) is 9.86 Å². The first kappa shape index (κ1) is 21.0. The first-order chi connectivity index (χ1) is 17.5. The summed E-state index contributed by atoms with van der Waals surface area (Å²) in [5.74, 6) is 0.